The van der Waals surface area contributed by atoms with Crippen LogP contribution in [0, 0.1) is 0 Å². The van der Waals surface area contributed by atoms with Crippen LogP contribution in [0.3, 0.4) is 0 Å². The van der Waals surface area contributed by atoms with Crippen molar-refractivity contribution in [3.05, 3.63) is 0 Å². The van der Waals surface area contributed by atoms with Crippen molar-refractivity contribution in [3.8, 4) is 0 Å². The molecule has 3 aliphatic heterocycles. The van der Waals surface area contributed by atoms with Gasteiger partial charge >= 0.3 is 18.0 Å². The SMILES string of the molecule is CN1C(=O)C2C(=[N+](C)C1=O)N(CC(=O)N1CCCCC1)C(=O)N2C. The van der Waals surface area contributed by atoms with Crippen LogP contribution in [0.4, 0.5) is 9.59 Å². The summed E-state index contributed by atoms with van der Waals surface area (Å²) >= 11 is 0. The molecule has 0 radical (unpaired) electrons. The molecule has 24 heavy (non-hydrogen) atoms. The minimum atomic E-state index is -0.862. The second kappa shape index (κ2) is 5.88. The quantitative estimate of drug-likeness (QED) is 0.629. The Morgan fingerprint density at radius 1 is 1.12 bits per heavy atom. The van der Waals surface area contributed by atoms with E-state index in [1.807, 2.05) is 0 Å². The van der Waals surface area contributed by atoms with E-state index in [1.165, 1.54) is 35.5 Å². The normalized spacial score (nSPS) is 25.0. The third-order valence-electron chi connectivity index (χ3n) is 4.93. The van der Waals surface area contributed by atoms with Crippen molar-refractivity contribution in [1.82, 2.24) is 19.6 Å². The van der Waals surface area contributed by atoms with E-state index in [0.29, 0.717) is 13.1 Å². The molecule has 3 aliphatic rings. The molecule has 0 N–H and O–H groups in total. The van der Waals surface area contributed by atoms with Gasteiger partial charge in [-0.3, -0.25) is 14.5 Å². The molecule has 0 spiro atoms. The summed E-state index contributed by atoms with van der Waals surface area (Å²) in [6.07, 6.45) is 3.02. The van der Waals surface area contributed by atoms with Gasteiger partial charge in [0.05, 0.1) is 14.1 Å². The van der Waals surface area contributed by atoms with E-state index in [0.717, 1.165) is 24.2 Å². The van der Waals surface area contributed by atoms with Crippen LogP contribution in [0.1, 0.15) is 19.3 Å². The zero-order chi connectivity index (χ0) is 17.6. The zero-order valence-corrected chi connectivity index (χ0v) is 14.2. The maximum atomic E-state index is 12.5. The molecule has 9 heteroatoms. The van der Waals surface area contributed by atoms with Gasteiger partial charge in [0.25, 0.3) is 5.91 Å². The number of carbonyl (C=O) groups is 4. The molecule has 3 heterocycles. The Balaban J connectivity index is 1.90. The number of amidine groups is 1. The van der Waals surface area contributed by atoms with Gasteiger partial charge in [-0.25, -0.2) is 19.1 Å². The summed E-state index contributed by atoms with van der Waals surface area (Å²) in [7, 11) is 4.41. The molecule has 2 saturated heterocycles. The number of imide groups is 1. The number of likely N-dealkylation sites (tertiary alicyclic amines) is 1. The van der Waals surface area contributed by atoms with Crippen molar-refractivity contribution in [3.63, 3.8) is 0 Å². The molecule has 0 aliphatic carbocycles. The Labute approximate surface area is 140 Å². The highest BCUT2D eigenvalue weighted by molar-refractivity contribution is 6.21. The molecule has 0 aromatic rings. The summed E-state index contributed by atoms with van der Waals surface area (Å²) in [5.74, 6) is -0.352. The Bertz CT molecular complexity index is 652. The van der Waals surface area contributed by atoms with Crippen LogP contribution in [-0.2, 0) is 9.59 Å². The third-order valence-corrected chi connectivity index (χ3v) is 4.93. The lowest BCUT2D eigenvalue weighted by Gasteiger charge is -2.28. The van der Waals surface area contributed by atoms with Crippen LogP contribution in [0.2, 0.25) is 0 Å². The summed E-state index contributed by atoms with van der Waals surface area (Å²) in [6.45, 7) is 1.22. The summed E-state index contributed by atoms with van der Waals surface area (Å²) in [4.78, 5) is 54.9. The third kappa shape index (κ3) is 2.35. The number of piperidine rings is 1. The molecule has 3 rings (SSSR count). The highest BCUT2D eigenvalue weighted by atomic mass is 16.2. The molecule has 0 aromatic carbocycles. The minimum Gasteiger partial charge on any atom is -0.340 e. The highest BCUT2D eigenvalue weighted by Gasteiger charge is 2.57. The molecule has 1 atom stereocenters. The Morgan fingerprint density at radius 3 is 2.38 bits per heavy atom. The van der Waals surface area contributed by atoms with Crippen molar-refractivity contribution in [2.45, 2.75) is 25.3 Å². The molecule has 0 aromatic heterocycles. The molecular weight excluding hydrogens is 314 g/mol. The van der Waals surface area contributed by atoms with E-state index in [2.05, 4.69) is 0 Å². The molecule has 1 unspecified atom stereocenters. The van der Waals surface area contributed by atoms with E-state index in [9.17, 15) is 19.2 Å². The van der Waals surface area contributed by atoms with Gasteiger partial charge in [-0.15, -0.1) is 0 Å². The first kappa shape index (κ1) is 16.4. The fourth-order valence-electron chi connectivity index (χ4n) is 3.49. The molecule has 9 nitrogen and oxygen atoms in total. The van der Waals surface area contributed by atoms with Crippen LogP contribution in [0.25, 0.3) is 0 Å². The topological polar surface area (TPSA) is 84.2 Å². The standard InChI is InChI=1S/C15H22N5O4/c1-16-11-12(17(2)14(23)18(3)13(11)22)20(15(16)24)9-10(21)19-7-5-4-6-8-19/h11H,4-9H2,1-3H3/q+1. The molecule has 2 fully saturated rings. The van der Waals surface area contributed by atoms with Crippen molar-refractivity contribution in [1.29, 1.82) is 0 Å². The number of amides is 6. The average molecular weight is 336 g/mol. The summed E-state index contributed by atoms with van der Waals surface area (Å²) < 4.78 is 1.27. The second-order valence-corrected chi connectivity index (χ2v) is 6.42. The summed E-state index contributed by atoms with van der Waals surface area (Å²) in [5, 5.41) is 0. The number of hydrogen-bond acceptors (Lipinski definition) is 4. The molecule has 0 saturated carbocycles. The maximum Gasteiger partial charge on any atom is 0.445 e. The fourth-order valence-corrected chi connectivity index (χ4v) is 3.49. The van der Waals surface area contributed by atoms with Crippen LogP contribution in [0.15, 0.2) is 0 Å². The van der Waals surface area contributed by atoms with E-state index < -0.39 is 24.0 Å². The Hall–Kier alpha value is -2.45. The Kier molecular flexibility index (Phi) is 4.02. The lowest BCUT2D eigenvalue weighted by molar-refractivity contribution is -0.410. The van der Waals surface area contributed by atoms with E-state index in [1.54, 1.807) is 4.90 Å². The van der Waals surface area contributed by atoms with Crippen LogP contribution in [-0.4, -0.2) is 101 Å². The second-order valence-electron chi connectivity index (χ2n) is 6.42. The van der Waals surface area contributed by atoms with Gasteiger partial charge < -0.3 is 4.90 Å². The monoisotopic (exact) mass is 336 g/mol. The molecule has 6 amide bonds. The van der Waals surface area contributed by atoms with Gasteiger partial charge in [0.2, 0.25) is 11.9 Å². The highest BCUT2D eigenvalue weighted by Crippen LogP contribution is 2.22. The Morgan fingerprint density at radius 2 is 1.75 bits per heavy atom. The first-order chi connectivity index (χ1) is 11.3. The fraction of sp³-hybridized carbons (Fsp3) is 0.667. The number of likely N-dealkylation sites (N-methyl/N-ethyl adjacent to an activating group) is 2. The minimum absolute atomic E-state index is 0.149. The van der Waals surface area contributed by atoms with Gasteiger partial charge in [-0.1, -0.05) is 0 Å². The maximum absolute atomic E-state index is 12.5. The number of hydrogen-bond donors (Lipinski definition) is 0. The summed E-state index contributed by atoms with van der Waals surface area (Å²) in [5.41, 5.74) is 0. The van der Waals surface area contributed by atoms with E-state index in [4.69, 9.17) is 0 Å². The van der Waals surface area contributed by atoms with Gasteiger partial charge in [-0.2, -0.15) is 4.90 Å². The van der Waals surface area contributed by atoms with Crippen LogP contribution in [0.5, 0.6) is 0 Å². The number of carbonyl (C=O) groups excluding carboxylic acids is 4. The van der Waals surface area contributed by atoms with Gasteiger partial charge in [0, 0.05) is 20.1 Å². The van der Waals surface area contributed by atoms with E-state index in [-0.39, 0.29) is 18.3 Å². The van der Waals surface area contributed by atoms with Gasteiger partial charge in [-0.05, 0) is 19.3 Å². The first-order valence-electron chi connectivity index (χ1n) is 8.08. The number of nitrogens with zero attached hydrogens (tertiary/aromatic N) is 5. The lowest BCUT2D eigenvalue weighted by atomic mass is 10.1. The van der Waals surface area contributed by atoms with Gasteiger partial charge in [0.15, 0.2) is 6.54 Å². The molecule has 130 valence electrons. The van der Waals surface area contributed by atoms with Crippen LogP contribution < -0.4 is 0 Å². The van der Waals surface area contributed by atoms with E-state index >= 15 is 0 Å². The van der Waals surface area contributed by atoms with Gasteiger partial charge in [0.1, 0.15) is 0 Å². The predicted octanol–water partition coefficient (Wildman–Crippen LogP) is -0.632. The molecular formula is C15H22N5O4+. The number of urea groups is 2. The van der Waals surface area contributed by atoms with Crippen LogP contribution >= 0.6 is 0 Å². The average Bonchev–Trinajstić information content (AvgIpc) is 2.84. The largest absolute Gasteiger partial charge is 0.445 e. The van der Waals surface area contributed by atoms with Crippen molar-refractivity contribution in [2.24, 2.45) is 0 Å². The predicted molar refractivity (Wildman–Crippen MR) is 83.4 cm³/mol. The van der Waals surface area contributed by atoms with Crippen molar-refractivity contribution >= 4 is 29.7 Å². The smallest absolute Gasteiger partial charge is 0.340 e. The molecule has 0 bridgehead atoms. The number of rotatable bonds is 2. The zero-order valence-electron chi connectivity index (χ0n) is 14.2. The van der Waals surface area contributed by atoms with Crippen molar-refractivity contribution in [2.75, 3.05) is 40.8 Å². The number of fused-ring (bicyclic) bond motifs is 1. The summed E-state index contributed by atoms with van der Waals surface area (Å²) in [6, 6.07) is -1.81. The van der Waals surface area contributed by atoms with Crippen molar-refractivity contribution < 1.29 is 23.8 Å². The lowest BCUT2D eigenvalue weighted by Crippen LogP contribution is -2.59. The first-order valence-corrected chi connectivity index (χ1v) is 8.08.